The van der Waals surface area contributed by atoms with Crippen LogP contribution in [0.1, 0.15) is 18.9 Å². The highest BCUT2D eigenvalue weighted by Gasteiger charge is 2.37. The van der Waals surface area contributed by atoms with Crippen molar-refractivity contribution in [1.29, 1.82) is 0 Å². The Hall–Kier alpha value is -4.81. The molecule has 3 aromatic carbocycles. The van der Waals surface area contributed by atoms with Gasteiger partial charge in [-0.05, 0) is 61.4 Å². The lowest BCUT2D eigenvalue weighted by Crippen LogP contribution is -2.61. The number of ether oxygens (including phenoxy) is 5. The molecule has 5 rings (SSSR count). The molecule has 0 aliphatic carbocycles. The number of carbonyl (C=O) groups is 3. The first kappa shape index (κ1) is 32.6. The Kier molecular flexibility index (Phi) is 10.6. The van der Waals surface area contributed by atoms with Crippen molar-refractivity contribution in [3.8, 4) is 23.0 Å². The van der Waals surface area contributed by atoms with Gasteiger partial charge in [0, 0.05) is 56.9 Å². The molecule has 1 fully saturated rings. The largest absolute Gasteiger partial charge is 0.497 e. The third kappa shape index (κ3) is 7.19. The SMILES string of the molecule is CCN(C(=O)C1CNCC(=O)N1c1cccc(OCc2cc(OC)cc(OC)c2)c1)c1ccc2c(c1)N(CCCOC)C(=O)CO2. The van der Waals surface area contributed by atoms with Crippen molar-refractivity contribution in [2.75, 3.05) is 75.4 Å². The van der Waals surface area contributed by atoms with Crippen LogP contribution in [-0.4, -0.2) is 84.5 Å². The predicted octanol–water partition coefficient (Wildman–Crippen LogP) is 3.40. The van der Waals surface area contributed by atoms with Gasteiger partial charge in [-0.2, -0.15) is 0 Å². The van der Waals surface area contributed by atoms with Crippen molar-refractivity contribution in [2.24, 2.45) is 0 Å². The molecule has 46 heavy (non-hydrogen) atoms. The molecule has 1 atom stereocenters. The molecule has 1 N–H and O–H groups in total. The van der Waals surface area contributed by atoms with E-state index in [0.717, 1.165) is 5.56 Å². The maximum atomic E-state index is 14.2. The molecular weight excluding hydrogens is 592 g/mol. The summed E-state index contributed by atoms with van der Waals surface area (Å²) in [5, 5.41) is 3.09. The number of nitrogens with one attached hydrogen (secondary N) is 1. The molecule has 2 aliphatic heterocycles. The molecule has 3 amide bonds. The van der Waals surface area contributed by atoms with Gasteiger partial charge in [-0.15, -0.1) is 0 Å². The second kappa shape index (κ2) is 15.0. The summed E-state index contributed by atoms with van der Waals surface area (Å²) in [6.07, 6.45) is 0.656. The van der Waals surface area contributed by atoms with Crippen LogP contribution in [0.25, 0.3) is 0 Å². The monoisotopic (exact) mass is 632 g/mol. The molecule has 0 saturated carbocycles. The number of benzene rings is 3. The molecule has 0 spiro atoms. The molecule has 3 aromatic rings. The number of nitrogens with zero attached hydrogens (tertiary/aromatic N) is 3. The van der Waals surface area contributed by atoms with Crippen LogP contribution in [-0.2, 0) is 25.7 Å². The van der Waals surface area contributed by atoms with Crippen LogP contribution in [0.5, 0.6) is 23.0 Å². The Morgan fingerprint density at radius 2 is 1.76 bits per heavy atom. The van der Waals surface area contributed by atoms with Gasteiger partial charge in [0.15, 0.2) is 6.61 Å². The lowest BCUT2D eigenvalue weighted by atomic mass is 10.1. The van der Waals surface area contributed by atoms with Crippen molar-refractivity contribution < 1.29 is 38.1 Å². The summed E-state index contributed by atoms with van der Waals surface area (Å²) < 4.78 is 27.7. The van der Waals surface area contributed by atoms with E-state index in [1.165, 1.54) is 4.90 Å². The van der Waals surface area contributed by atoms with Crippen LogP contribution in [0.3, 0.4) is 0 Å². The zero-order chi connectivity index (χ0) is 32.6. The van der Waals surface area contributed by atoms with Gasteiger partial charge in [0.2, 0.25) is 5.91 Å². The highest BCUT2D eigenvalue weighted by atomic mass is 16.5. The van der Waals surface area contributed by atoms with Crippen molar-refractivity contribution in [2.45, 2.75) is 26.0 Å². The quantitative estimate of drug-likeness (QED) is 0.283. The minimum absolute atomic E-state index is 0.0446. The summed E-state index contributed by atoms with van der Waals surface area (Å²) in [6.45, 7) is 3.76. The Balaban J connectivity index is 1.38. The fourth-order valence-corrected chi connectivity index (χ4v) is 5.64. The second-order valence-electron chi connectivity index (χ2n) is 10.8. The predicted molar refractivity (Wildman–Crippen MR) is 173 cm³/mol. The van der Waals surface area contributed by atoms with E-state index in [4.69, 9.17) is 23.7 Å². The lowest BCUT2D eigenvalue weighted by Gasteiger charge is -2.38. The smallest absolute Gasteiger partial charge is 0.265 e. The van der Waals surface area contributed by atoms with E-state index in [1.807, 2.05) is 19.1 Å². The van der Waals surface area contributed by atoms with Crippen molar-refractivity contribution in [1.82, 2.24) is 5.32 Å². The van der Waals surface area contributed by atoms with E-state index in [-0.39, 0.29) is 44.0 Å². The average Bonchev–Trinajstić information content (AvgIpc) is 3.08. The molecule has 12 heteroatoms. The summed E-state index contributed by atoms with van der Waals surface area (Å²) in [5.74, 6) is 1.77. The highest BCUT2D eigenvalue weighted by molar-refractivity contribution is 6.08. The van der Waals surface area contributed by atoms with Gasteiger partial charge in [0.05, 0.1) is 26.5 Å². The van der Waals surface area contributed by atoms with E-state index in [9.17, 15) is 14.4 Å². The minimum atomic E-state index is -0.814. The van der Waals surface area contributed by atoms with Crippen LogP contribution in [0.4, 0.5) is 17.1 Å². The first-order chi connectivity index (χ1) is 22.4. The molecule has 2 heterocycles. The van der Waals surface area contributed by atoms with E-state index in [1.54, 1.807) is 79.7 Å². The summed E-state index contributed by atoms with van der Waals surface area (Å²) in [6, 6.07) is 17.2. The Morgan fingerprint density at radius 3 is 2.48 bits per heavy atom. The second-order valence-corrected chi connectivity index (χ2v) is 10.8. The fraction of sp³-hybridized carbons (Fsp3) is 0.382. The molecule has 244 valence electrons. The van der Waals surface area contributed by atoms with Gasteiger partial charge in [-0.1, -0.05) is 6.07 Å². The summed E-state index contributed by atoms with van der Waals surface area (Å²) >= 11 is 0. The van der Waals surface area contributed by atoms with Crippen molar-refractivity contribution in [3.05, 3.63) is 66.2 Å². The number of piperazine rings is 1. The number of anilines is 3. The number of likely N-dealkylation sites (N-methyl/N-ethyl adjacent to an activating group) is 1. The number of hydrogen-bond acceptors (Lipinski definition) is 9. The van der Waals surface area contributed by atoms with Crippen molar-refractivity contribution >= 4 is 34.8 Å². The van der Waals surface area contributed by atoms with Crippen LogP contribution >= 0.6 is 0 Å². The fourth-order valence-electron chi connectivity index (χ4n) is 5.64. The van der Waals surface area contributed by atoms with E-state index >= 15 is 0 Å². The topological polar surface area (TPSA) is 119 Å². The van der Waals surface area contributed by atoms with Crippen LogP contribution < -0.4 is 39.0 Å². The van der Waals surface area contributed by atoms with Crippen LogP contribution in [0, 0.1) is 0 Å². The van der Waals surface area contributed by atoms with Gasteiger partial charge in [0.1, 0.15) is 35.6 Å². The molecule has 1 saturated heterocycles. The molecule has 0 radical (unpaired) electrons. The van der Waals surface area contributed by atoms with Gasteiger partial charge in [0.25, 0.3) is 11.8 Å². The zero-order valence-electron chi connectivity index (χ0n) is 26.6. The zero-order valence-corrected chi connectivity index (χ0v) is 26.6. The van der Waals surface area contributed by atoms with Gasteiger partial charge < -0.3 is 38.8 Å². The average molecular weight is 633 g/mol. The number of amides is 3. The normalized spacial score (nSPS) is 16.0. The minimum Gasteiger partial charge on any atom is -0.497 e. The first-order valence-electron chi connectivity index (χ1n) is 15.2. The maximum Gasteiger partial charge on any atom is 0.265 e. The molecule has 0 bridgehead atoms. The molecule has 0 aromatic heterocycles. The van der Waals surface area contributed by atoms with E-state index < -0.39 is 6.04 Å². The van der Waals surface area contributed by atoms with E-state index in [0.29, 0.717) is 66.2 Å². The first-order valence-corrected chi connectivity index (χ1v) is 15.2. The van der Waals surface area contributed by atoms with Gasteiger partial charge in [-0.3, -0.25) is 19.3 Å². The summed E-state index contributed by atoms with van der Waals surface area (Å²) in [5.41, 5.74) is 2.60. The molecule has 2 aliphatic rings. The Morgan fingerprint density at radius 1 is 0.978 bits per heavy atom. The number of hydrogen-bond donors (Lipinski definition) is 1. The van der Waals surface area contributed by atoms with Gasteiger partial charge in [-0.25, -0.2) is 0 Å². The number of rotatable bonds is 13. The molecular formula is C34H40N4O8. The number of methoxy groups -OCH3 is 3. The van der Waals surface area contributed by atoms with E-state index in [2.05, 4.69) is 5.32 Å². The van der Waals surface area contributed by atoms with Crippen molar-refractivity contribution in [3.63, 3.8) is 0 Å². The van der Waals surface area contributed by atoms with Gasteiger partial charge >= 0.3 is 0 Å². The third-order valence-electron chi connectivity index (χ3n) is 7.90. The maximum absolute atomic E-state index is 14.2. The Labute approximate surface area is 268 Å². The summed E-state index contributed by atoms with van der Waals surface area (Å²) in [7, 11) is 4.80. The van der Waals surface area contributed by atoms with Crippen LogP contribution in [0.15, 0.2) is 60.7 Å². The number of fused-ring (bicyclic) bond motifs is 1. The summed E-state index contributed by atoms with van der Waals surface area (Å²) in [4.78, 5) is 45.1. The molecule has 1 unspecified atom stereocenters. The third-order valence-corrected chi connectivity index (χ3v) is 7.90. The molecule has 12 nitrogen and oxygen atoms in total. The highest BCUT2D eigenvalue weighted by Crippen LogP contribution is 2.36. The lowest BCUT2D eigenvalue weighted by molar-refractivity contribution is -0.125. The van der Waals surface area contributed by atoms with Crippen LogP contribution in [0.2, 0.25) is 0 Å². The number of carbonyl (C=O) groups excluding carboxylic acids is 3. The Bertz CT molecular complexity index is 1540. The standard InChI is InChI=1S/C34H40N4O8/c1-5-36(24-10-11-31-29(17-24)37(12-7-13-42-2)33(40)22-46-31)34(41)30-19-35-20-32(39)38(30)25-8-6-9-26(16-25)45-21-23-14-27(43-3)18-28(15-23)44-4/h6,8-11,14-18,30,35H,5,7,12-13,19-22H2,1-4H3.